The summed E-state index contributed by atoms with van der Waals surface area (Å²) in [5.41, 5.74) is 2.72. The van der Waals surface area contributed by atoms with Gasteiger partial charge in [0.25, 0.3) is 5.56 Å². The van der Waals surface area contributed by atoms with Gasteiger partial charge in [-0.05, 0) is 44.2 Å². The highest BCUT2D eigenvalue weighted by Gasteiger charge is 2.19. The SMILES string of the molecule is CC(C)n1cnc2cc(N3CCN(c4ccc5nccn5n4)CC3)ccc2c1=O. The summed E-state index contributed by atoms with van der Waals surface area (Å²) >= 11 is 0. The van der Waals surface area contributed by atoms with Crippen LogP contribution in [0.1, 0.15) is 19.9 Å². The van der Waals surface area contributed by atoms with Crippen molar-refractivity contribution in [2.24, 2.45) is 0 Å². The first-order chi connectivity index (χ1) is 14.1. The summed E-state index contributed by atoms with van der Waals surface area (Å²) in [4.78, 5) is 26.0. The first-order valence-corrected chi connectivity index (χ1v) is 9.91. The van der Waals surface area contributed by atoms with Crippen LogP contribution in [0.5, 0.6) is 0 Å². The molecule has 0 N–H and O–H groups in total. The highest BCUT2D eigenvalue weighted by atomic mass is 16.1. The van der Waals surface area contributed by atoms with Gasteiger partial charge in [-0.25, -0.2) is 14.5 Å². The Hall–Kier alpha value is -3.42. The highest BCUT2D eigenvalue weighted by molar-refractivity contribution is 5.81. The van der Waals surface area contributed by atoms with Gasteiger partial charge in [-0.15, -0.1) is 5.10 Å². The normalized spacial score (nSPS) is 15.0. The minimum atomic E-state index is 0.0161. The number of hydrogen-bond donors (Lipinski definition) is 0. The fourth-order valence-electron chi connectivity index (χ4n) is 3.86. The molecule has 8 nitrogen and oxygen atoms in total. The zero-order chi connectivity index (χ0) is 20.0. The van der Waals surface area contributed by atoms with Crippen LogP contribution in [-0.2, 0) is 0 Å². The summed E-state index contributed by atoms with van der Waals surface area (Å²) in [7, 11) is 0. The van der Waals surface area contributed by atoms with E-state index in [0.29, 0.717) is 5.39 Å². The average Bonchev–Trinajstić information content (AvgIpc) is 3.21. The van der Waals surface area contributed by atoms with Crippen LogP contribution < -0.4 is 15.4 Å². The van der Waals surface area contributed by atoms with Crippen LogP contribution in [0.2, 0.25) is 0 Å². The maximum absolute atomic E-state index is 12.6. The molecule has 0 radical (unpaired) electrons. The molecule has 8 heteroatoms. The van der Waals surface area contributed by atoms with Gasteiger partial charge in [-0.2, -0.15) is 0 Å². The van der Waals surface area contributed by atoms with Crippen molar-refractivity contribution in [1.82, 2.24) is 24.1 Å². The van der Waals surface area contributed by atoms with Crippen LogP contribution in [0, 0.1) is 0 Å². The predicted molar refractivity (Wildman–Crippen MR) is 114 cm³/mol. The van der Waals surface area contributed by atoms with Crippen molar-refractivity contribution in [1.29, 1.82) is 0 Å². The topological polar surface area (TPSA) is 71.6 Å². The van der Waals surface area contributed by atoms with E-state index in [1.807, 2.05) is 50.4 Å². The van der Waals surface area contributed by atoms with Gasteiger partial charge in [0, 0.05) is 50.3 Å². The van der Waals surface area contributed by atoms with Crippen molar-refractivity contribution >= 4 is 28.1 Å². The second-order valence-corrected chi connectivity index (χ2v) is 7.65. The van der Waals surface area contributed by atoms with Crippen molar-refractivity contribution in [3.05, 3.63) is 59.4 Å². The molecule has 1 aliphatic heterocycles. The van der Waals surface area contributed by atoms with E-state index in [0.717, 1.165) is 48.8 Å². The predicted octanol–water partition coefficient (Wildman–Crippen LogP) is 2.35. The maximum Gasteiger partial charge on any atom is 0.261 e. The molecule has 0 atom stereocenters. The summed E-state index contributed by atoms with van der Waals surface area (Å²) in [5.74, 6) is 0.963. The molecule has 29 heavy (non-hydrogen) atoms. The monoisotopic (exact) mass is 389 g/mol. The van der Waals surface area contributed by atoms with Gasteiger partial charge in [0.1, 0.15) is 5.82 Å². The third-order valence-electron chi connectivity index (χ3n) is 5.53. The Labute approximate surface area is 168 Å². The number of fused-ring (bicyclic) bond motifs is 2. The zero-order valence-corrected chi connectivity index (χ0v) is 16.6. The average molecular weight is 389 g/mol. The lowest BCUT2D eigenvalue weighted by molar-refractivity contribution is 0.573. The van der Waals surface area contributed by atoms with Gasteiger partial charge < -0.3 is 9.80 Å². The van der Waals surface area contributed by atoms with Crippen LogP contribution >= 0.6 is 0 Å². The van der Waals surface area contributed by atoms with Crippen LogP contribution in [0.15, 0.2) is 53.8 Å². The summed E-state index contributed by atoms with van der Waals surface area (Å²) in [6, 6.07) is 10.1. The first kappa shape index (κ1) is 17.7. The molecule has 0 saturated carbocycles. The van der Waals surface area contributed by atoms with E-state index in [-0.39, 0.29) is 11.6 Å². The van der Waals surface area contributed by atoms with E-state index in [1.54, 1.807) is 21.6 Å². The Morgan fingerprint density at radius 2 is 1.76 bits per heavy atom. The summed E-state index contributed by atoms with van der Waals surface area (Å²) in [5, 5.41) is 5.31. The van der Waals surface area contributed by atoms with Crippen LogP contribution in [-0.4, -0.2) is 50.3 Å². The van der Waals surface area contributed by atoms with E-state index >= 15 is 0 Å². The number of benzene rings is 1. The molecule has 0 bridgehead atoms. The molecule has 5 rings (SSSR count). The van der Waals surface area contributed by atoms with Crippen LogP contribution in [0.4, 0.5) is 11.5 Å². The maximum atomic E-state index is 12.6. The lowest BCUT2D eigenvalue weighted by Gasteiger charge is -2.36. The molecule has 3 aromatic heterocycles. The molecule has 0 unspecified atom stereocenters. The second kappa shape index (κ2) is 6.88. The first-order valence-electron chi connectivity index (χ1n) is 9.91. The largest absolute Gasteiger partial charge is 0.368 e. The highest BCUT2D eigenvalue weighted by Crippen LogP contribution is 2.22. The van der Waals surface area contributed by atoms with Gasteiger partial charge in [-0.1, -0.05) is 0 Å². The number of piperazine rings is 1. The van der Waals surface area contributed by atoms with Gasteiger partial charge in [0.05, 0.1) is 17.2 Å². The lowest BCUT2D eigenvalue weighted by Crippen LogP contribution is -2.47. The molecule has 0 amide bonds. The van der Waals surface area contributed by atoms with E-state index in [2.05, 4.69) is 24.9 Å². The summed E-state index contributed by atoms with van der Waals surface area (Å²) in [6.07, 6.45) is 5.27. The molecular formula is C21H23N7O. The quantitative estimate of drug-likeness (QED) is 0.536. The minimum absolute atomic E-state index is 0.0161. The number of imidazole rings is 1. The number of nitrogens with zero attached hydrogens (tertiary/aromatic N) is 7. The molecular weight excluding hydrogens is 366 g/mol. The lowest BCUT2D eigenvalue weighted by atomic mass is 10.2. The molecule has 0 aliphatic carbocycles. The fourth-order valence-corrected chi connectivity index (χ4v) is 3.86. The van der Waals surface area contributed by atoms with Crippen molar-refractivity contribution in [2.75, 3.05) is 36.0 Å². The van der Waals surface area contributed by atoms with Gasteiger partial charge in [0.15, 0.2) is 5.65 Å². The van der Waals surface area contributed by atoms with Crippen molar-refractivity contribution in [2.45, 2.75) is 19.9 Å². The molecule has 1 aliphatic rings. The molecule has 4 heterocycles. The second-order valence-electron chi connectivity index (χ2n) is 7.65. The Kier molecular flexibility index (Phi) is 4.19. The van der Waals surface area contributed by atoms with Crippen molar-refractivity contribution < 1.29 is 0 Å². The van der Waals surface area contributed by atoms with Crippen LogP contribution in [0.25, 0.3) is 16.6 Å². The Morgan fingerprint density at radius 3 is 2.55 bits per heavy atom. The Bertz CT molecular complexity index is 1230. The molecule has 1 fully saturated rings. The zero-order valence-electron chi connectivity index (χ0n) is 16.6. The standard InChI is InChI=1S/C21H23N7O/c1-15(2)27-14-23-18-13-16(3-4-17(18)21(27)29)25-9-11-26(12-10-25)20-6-5-19-22-7-8-28(19)24-20/h3-8,13-15H,9-12H2,1-2H3. The molecule has 1 aromatic carbocycles. The minimum Gasteiger partial charge on any atom is -0.368 e. The Morgan fingerprint density at radius 1 is 0.966 bits per heavy atom. The number of hydrogen-bond acceptors (Lipinski definition) is 6. The molecule has 0 spiro atoms. The van der Waals surface area contributed by atoms with E-state index < -0.39 is 0 Å². The third-order valence-corrected chi connectivity index (χ3v) is 5.53. The van der Waals surface area contributed by atoms with E-state index in [4.69, 9.17) is 0 Å². The third kappa shape index (κ3) is 3.10. The fraction of sp³-hybridized carbons (Fsp3) is 0.333. The van der Waals surface area contributed by atoms with Gasteiger partial charge in [0.2, 0.25) is 0 Å². The van der Waals surface area contributed by atoms with Crippen molar-refractivity contribution in [3.63, 3.8) is 0 Å². The van der Waals surface area contributed by atoms with Gasteiger partial charge in [-0.3, -0.25) is 9.36 Å². The number of aromatic nitrogens is 5. The smallest absolute Gasteiger partial charge is 0.261 e. The summed E-state index contributed by atoms with van der Waals surface area (Å²) in [6.45, 7) is 7.52. The molecule has 4 aromatic rings. The van der Waals surface area contributed by atoms with Gasteiger partial charge >= 0.3 is 0 Å². The number of rotatable bonds is 3. The molecule has 1 saturated heterocycles. The Balaban J connectivity index is 1.35. The van der Waals surface area contributed by atoms with E-state index in [9.17, 15) is 4.79 Å². The van der Waals surface area contributed by atoms with E-state index in [1.165, 1.54) is 0 Å². The molecule has 148 valence electrons. The van der Waals surface area contributed by atoms with Crippen LogP contribution in [0.3, 0.4) is 0 Å². The summed E-state index contributed by atoms with van der Waals surface area (Å²) < 4.78 is 3.48. The van der Waals surface area contributed by atoms with Crippen molar-refractivity contribution in [3.8, 4) is 0 Å². The number of anilines is 2.